The topological polar surface area (TPSA) is 41.6 Å². The largest absolute Gasteiger partial charge is 0.494 e. The maximum atomic E-state index is 13.2. The normalized spacial score (nSPS) is 17.7. The van der Waals surface area contributed by atoms with Gasteiger partial charge in [-0.3, -0.25) is 4.79 Å². The lowest BCUT2D eigenvalue weighted by molar-refractivity contribution is 0.0535. The zero-order chi connectivity index (χ0) is 21.7. The molecule has 1 heterocycles. The van der Waals surface area contributed by atoms with Crippen molar-refractivity contribution in [1.82, 2.24) is 4.90 Å². The summed E-state index contributed by atoms with van der Waals surface area (Å²) in [4.78, 5) is 15.2. The highest BCUT2D eigenvalue weighted by Gasteiger charge is 2.41. The third-order valence-corrected chi connectivity index (χ3v) is 5.91. The van der Waals surface area contributed by atoms with Crippen molar-refractivity contribution in [2.24, 2.45) is 0 Å². The maximum Gasteiger partial charge on any atom is 0.258 e. The summed E-state index contributed by atoms with van der Waals surface area (Å²) >= 11 is 0. The summed E-state index contributed by atoms with van der Waals surface area (Å²) in [6.07, 6.45) is 2.88. The number of carbonyl (C=O) groups excluding carboxylic acids is 1. The van der Waals surface area contributed by atoms with Crippen LogP contribution in [-0.2, 0) is 12.1 Å². The zero-order valence-corrected chi connectivity index (χ0v) is 18.3. The van der Waals surface area contributed by atoms with Gasteiger partial charge in [0.15, 0.2) is 0 Å². The number of rotatable bonds is 8. The minimum absolute atomic E-state index is 0.0694. The molecule has 1 atom stereocenters. The highest BCUT2D eigenvalue weighted by Crippen LogP contribution is 2.38. The van der Waals surface area contributed by atoms with E-state index in [0.717, 1.165) is 41.8 Å². The van der Waals surface area contributed by atoms with Crippen LogP contribution in [0.15, 0.2) is 78.9 Å². The van der Waals surface area contributed by atoms with E-state index in [1.807, 2.05) is 47.4 Å². The zero-order valence-electron chi connectivity index (χ0n) is 18.3. The van der Waals surface area contributed by atoms with Gasteiger partial charge in [0.25, 0.3) is 5.91 Å². The molecule has 3 aromatic carbocycles. The summed E-state index contributed by atoms with van der Waals surface area (Å²) in [5, 5.41) is 3.61. The van der Waals surface area contributed by atoms with Crippen LogP contribution in [0.4, 0.5) is 5.69 Å². The Morgan fingerprint density at radius 3 is 2.39 bits per heavy atom. The van der Waals surface area contributed by atoms with Crippen LogP contribution >= 0.6 is 0 Å². The number of benzene rings is 3. The number of ether oxygens (including phenoxy) is 1. The molecule has 0 aliphatic carbocycles. The minimum Gasteiger partial charge on any atom is -0.494 e. The molecule has 1 aliphatic rings. The van der Waals surface area contributed by atoms with E-state index in [1.165, 1.54) is 5.56 Å². The van der Waals surface area contributed by atoms with E-state index in [2.05, 4.69) is 55.6 Å². The van der Waals surface area contributed by atoms with Gasteiger partial charge in [-0.1, -0.05) is 61.5 Å². The molecule has 4 heteroatoms. The van der Waals surface area contributed by atoms with Crippen LogP contribution in [0.5, 0.6) is 5.75 Å². The second-order valence-electron chi connectivity index (χ2n) is 8.16. The van der Waals surface area contributed by atoms with E-state index >= 15 is 0 Å². The van der Waals surface area contributed by atoms with E-state index < -0.39 is 5.66 Å². The average Bonchev–Trinajstić information content (AvgIpc) is 2.80. The molecular formula is C27H30N2O2. The van der Waals surface area contributed by atoms with Crippen molar-refractivity contribution in [3.63, 3.8) is 0 Å². The number of fused-ring (bicyclic) bond motifs is 1. The number of amides is 1. The Hall–Kier alpha value is -3.27. The van der Waals surface area contributed by atoms with Gasteiger partial charge in [-0.25, -0.2) is 0 Å². The van der Waals surface area contributed by atoms with Crippen LogP contribution in [0.1, 0.15) is 48.2 Å². The molecule has 1 unspecified atom stereocenters. The maximum absolute atomic E-state index is 13.2. The molecule has 3 aromatic rings. The number of aryl methyl sites for hydroxylation is 1. The highest BCUT2D eigenvalue weighted by atomic mass is 16.5. The summed E-state index contributed by atoms with van der Waals surface area (Å²) in [6, 6.07) is 26.3. The Bertz CT molecular complexity index is 1020. The Balaban J connectivity index is 1.46. The molecule has 0 fully saturated rings. The first kappa shape index (κ1) is 21.0. The van der Waals surface area contributed by atoms with E-state index in [-0.39, 0.29) is 5.91 Å². The summed E-state index contributed by atoms with van der Waals surface area (Å²) in [5.41, 5.74) is 3.38. The third kappa shape index (κ3) is 4.43. The summed E-state index contributed by atoms with van der Waals surface area (Å²) in [5.74, 6) is 0.921. The smallest absolute Gasteiger partial charge is 0.258 e. The first-order valence-electron chi connectivity index (χ1n) is 11.1. The quantitative estimate of drug-likeness (QED) is 0.470. The van der Waals surface area contributed by atoms with Crippen LogP contribution in [-0.4, -0.2) is 24.0 Å². The van der Waals surface area contributed by atoms with Crippen LogP contribution in [0.2, 0.25) is 0 Å². The molecular weight excluding hydrogens is 384 g/mol. The highest BCUT2D eigenvalue weighted by molar-refractivity contribution is 6.02. The lowest BCUT2D eigenvalue weighted by Gasteiger charge is -2.46. The van der Waals surface area contributed by atoms with Crippen molar-refractivity contribution < 1.29 is 9.53 Å². The van der Waals surface area contributed by atoms with Crippen molar-refractivity contribution >= 4 is 11.6 Å². The summed E-state index contributed by atoms with van der Waals surface area (Å²) < 4.78 is 5.95. The molecule has 0 saturated heterocycles. The van der Waals surface area contributed by atoms with Gasteiger partial charge in [-0.2, -0.15) is 0 Å². The first-order chi connectivity index (χ1) is 15.1. The average molecular weight is 415 g/mol. The van der Waals surface area contributed by atoms with E-state index in [9.17, 15) is 4.79 Å². The predicted molar refractivity (Wildman–Crippen MR) is 125 cm³/mol. The van der Waals surface area contributed by atoms with Gasteiger partial charge in [-0.15, -0.1) is 0 Å². The second-order valence-corrected chi connectivity index (χ2v) is 8.16. The number of nitrogens with zero attached hydrogens (tertiary/aromatic N) is 1. The lowest BCUT2D eigenvalue weighted by Crippen LogP contribution is -2.56. The number of hydrogen-bond acceptors (Lipinski definition) is 3. The number of hydrogen-bond donors (Lipinski definition) is 1. The van der Waals surface area contributed by atoms with Crippen molar-refractivity contribution in [1.29, 1.82) is 0 Å². The van der Waals surface area contributed by atoms with Gasteiger partial charge >= 0.3 is 0 Å². The molecule has 0 saturated carbocycles. The molecule has 0 bridgehead atoms. The molecule has 31 heavy (non-hydrogen) atoms. The summed E-state index contributed by atoms with van der Waals surface area (Å²) in [7, 11) is 0. The molecule has 160 valence electrons. The van der Waals surface area contributed by atoms with Gasteiger partial charge in [0.05, 0.1) is 12.2 Å². The van der Waals surface area contributed by atoms with Crippen molar-refractivity contribution in [2.45, 2.75) is 38.8 Å². The van der Waals surface area contributed by atoms with Crippen molar-refractivity contribution in [3.8, 4) is 5.75 Å². The van der Waals surface area contributed by atoms with Crippen molar-refractivity contribution in [2.75, 3.05) is 18.5 Å². The molecule has 0 aromatic heterocycles. The van der Waals surface area contributed by atoms with E-state index in [4.69, 9.17) is 4.74 Å². The van der Waals surface area contributed by atoms with Gasteiger partial charge in [0.1, 0.15) is 11.4 Å². The van der Waals surface area contributed by atoms with E-state index in [1.54, 1.807) is 0 Å². The fourth-order valence-corrected chi connectivity index (χ4v) is 4.22. The fraction of sp³-hybridized carbons (Fsp3) is 0.296. The van der Waals surface area contributed by atoms with Crippen molar-refractivity contribution in [3.05, 3.63) is 95.6 Å². The van der Waals surface area contributed by atoms with Gasteiger partial charge < -0.3 is 15.0 Å². The first-order valence-corrected chi connectivity index (χ1v) is 11.1. The van der Waals surface area contributed by atoms with Crippen LogP contribution in [0.3, 0.4) is 0 Å². The van der Waals surface area contributed by atoms with Crippen LogP contribution in [0.25, 0.3) is 0 Å². The van der Waals surface area contributed by atoms with Gasteiger partial charge in [-0.05, 0) is 61.6 Å². The Labute approximate surface area is 184 Å². The van der Waals surface area contributed by atoms with Crippen LogP contribution in [0, 0.1) is 0 Å². The lowest BCUT2D eigenvalue weighted by atomic mass is 9.93. The molecule has 0 spiro atoms. The van der Waals surface area contributed by atoms with E-state index in [0.29, 0.717) is 13.2 Å². The Kier molecular flexibility index (Phi) is 6.26. The molecule has 0 radical (unpaired) electrons. The molecule has 4 nitrogen and oxygen atoms in total. The Morgan fingerprint density at radius 1 is 0.935 bits per heavy atom. The fourth-order valence-electron chi connectivity index (χ4n) is 4.22. The third-order valence-electron chi connectivity index (χ3n) is 5.91. The number of anilines is 1. The number of nitrogens with one attached hydrogen (secondary N) is 1. The minimum atomic E-state index is -0.604. The number of carbonyl (C=O) groups is 1. The summed E-state index contributed by atoms with van der Waals surface area (Å²) in [6.45, 7) is 5.54. The molecule has 1 amide bonds. The molecule has 1 N–H and O–H groups in total. The SMILES string of the molecule is CCCN1C(=O)c2ccccc2NC1(C)c1ccc(OCCCc2ccccc2)cc1. The Morgan fingerprint density at radius 2 is 1.65 bits per heavy atom. The molecule has 1 aliphatic heterocycles. The van der Waals surface area contributed by atoms with Crippen LogP contribution < -0.4 is 10.1 Å². The van der Waals surface area contributed by atoms with Gasteiger partial charge in [0, 0.05) is 12.2 Å². The predicted octanol–water partition coefficient (Wildman–Crippen LogP) is 5.85. The molecule has 4 rings (SSSR count). The standard InChI is InChI=1S/C27H30N2O2/c1-3-19-29-26(30)24-13-7-8-14-25(24)28-27(29,2)22-15-17-23(18-16-22)31-20-9-12-21-10-5-4-6-11-21/h4-8,10-11,13-18,28H,3,9,12,19-20H2,1-2H3. The number of para-hydroxylation sites is 1. The monoisotopic (exact) mass is 414 g/mol. The van der Waals surface area contributed by atoms with Gasteiger partial charge in [0.2, 0.25) is 0 Å². The second kappa shape index (κ2) is 9.25.